The molecule has 1 aromatic carbocycles. The maximum absolute atomic E-state index is 13.4. The number of thioether (sulfide) groups is 1. The second-order valence-corrected chi connectivity index (χ2v) is 4.53. The van der Waals surface area contributed by atoms with E-state index >= 15 is 0 Å². The van der Waals surface area contributed by atoms with Gasteiger partial charge in [0, 0.05) is 12.6 Å². The molecule has 0 aliphatic heterocycles. The largest absolute Gasteiger partial charge is 0.383 e. The molecule has 0 aliphatic rings. The van der Waals surface area contributed by atoms with Crippen LogP contribution < -0.4 is 5.32 Å². The Balaban J connectivity index is 2.46. The van der Waals surface area contributed by atoms with Crippen LogP contribution in [0.25, 0.3) is 0 Å². The van der Waals surface area contributed by atoms with E-state index in [1.54, 1.807) is 11.8 Å². The van der Waals surface area contributed by atoms with Gasteiger partial charge in [0.25, 0.3) is 5.69 Å². The Hall–Kier alpha value is -1.30. The lowest BCUT2D eigenvalue weighted by atomic mass is 10.2. The minimum Gasteiger partial charge on any atom is -0.383 e. The summed E-state index contributed by atoms with van der Waals surface area (Å²) in [6, 6.07) is 3.64. The van der Waals surface area contributed by atoms with E-state index in [-0.39, 0.29) is 5.69 Å². The summed E-state index contributed by atoms with van der Waals surface area (Å²) in [4.78, 5) is 9.81. The molecule has 0 fully saturated rings. The first kappa shape index (κ1) is 13.8. The predicted octanol–water partition coefficient (Wildman–Crippen LogP) is 3.29. The highest BCUT2D eigenvalue weighted by Crippen LogP contribution is 2.20. The number of nitrogens with one attached hydrogen (secondary N) is 1. The Morgan fingerprint density at radius 3 is 2.82 bits per heavy atom. The molecule has 0 saturated heterocycles. The van der Waals surface area contributed by atoms with Crippen molar-refractivity contribution in [3.8, 4) is 0 Å². The molecule has 0 heterocycles. The van der Waals surface area contributed by atoms with Crippen LogP contribution in [0.1, 0.15) is 12.8 Å². The van der Waals surface area contributed by atoms with Crippen molar-refractivity contribution in [2.45, 2.75) is 12.8 Å². The van der Waals surface area contributed by atoms with Crippen molar-refractivity contribution < 1.29 is 9.31 Å². The molecule has 1 rings (SSSR count). The maximum Gasteiger partial charge on any atom is 0.272 e. The summed E-state index contributed by atoms with van der Waals surface area (Å²) in [6.45, 7) is 0.676. The van der Waals surface area contributed by atoms with Gasteiger partial charge >= 0.3 is 0 Å². The average molecular weight is 258 g/mol. The van der Waals surface area contributed by atoms with Crippen LogP contribution in [0.15, 0.2) is 18.2 Å². The number of halogens is 1. The lowest BCUT2D eigenvalue weighted by molar-refractivity contribution is -0.385. The van der Waals surface area contributed by atoms with Crippen LogP contribution in [0.2, 0.25) is 0 Å². The van der Waals surface area contributed by atoms with Gasteiger partial charge in [-0.15, -0.1) is 0 Å². The van der Waals surface area contributed by atoms with Crippen LogP contribution >= 0.6 is 11.8 Å². The van der Waals surface area contributed by atoms with Gasteiger partial charge in [-0.1, -0.05) is 0 Å². The number of anilines is 1. The van der Waals surface area contributed by atoms with E-state index in [9.17, 15) is 14.5 Å². The first-order chi connectivity index (χ1) is 8.15. The van der Waals surface area contributed by atoms with Gasteiger partial charge in [0.2, 0.25) is 0 Å². The molecule has 0 amide bonds. The molecule has 0 radical (unpaired) electrons. The van der Waals surface area contributed by atoms with Gasteiger partial charge in [0.05, 0.1) is 16.7 Å². The van der Waals surface area contributed by atoms with E-state index in [0.29, 0.717) is 12.2 Å². The van der Waals surface area contributed by atoms with E-state index in [2.05, 4.69) is 5.32 Å². The second kappa shape index (κ2) is 7.11. The van der Waals surface area contributed by atoms with Crippen molar-refractivity contribution in [3.63, 3.8) is 0 Å². The van der Waals surface area contributed by atoms with E-state index in [1.807, 2.05) is 6.26 Å². The summed E-state index contributed by atoms with van der Waals surface area (Å²) in [5.41, 5.74) is 0.0928. The highest BCUT2D eigenvalue weighted by atomic mass is 32.2. The van der Waals surface area contributed by atoms with Crippen molar-refractivity contribution in [2.24, 2.45) is 0 Å². The molecule has 4 nitrogen and oxygen atoms in total. The molecule has 0 spiro atoms. The van der Waals surface area contributed by atoms with Crippen molar-refractivity contribution in [2.75, 3.05) is 23.9 Å². The fraction of sp³-hybridized carbons (Fsp3) is 0.455. The predicted molar refractivity (Wildman–Crippen MR) is 69.2 cm³/mol. The first-order valence-electron chi connectivity index (χ1n) is 5.32. The van der Waals surface area contributed by atoms with Crippen LogP contribution in [-0.4, -0.2) is 23.5 Å². The molecule has 0 aliphatic carbocycles. The highest BCUT2D eigenvalue weighted by molar-refractivity contribution is 7.98. The van der Waals surface area contributed by atoms with Crippen molar-refractivity contribution in [1.82, 2.24) is 0 Å². The Morgan fingerprint density at radius 1 is 1.47 bits per heavy atom. The average Bonchev–Trinajstić information content (AvgIpc) is 2.30. The SMILES string of the molecule is CSCCCCNc1ccc([N+](=O)[O-])cc1F. The lowest BCUT2D eigenvalue weighted by Crippen LogP contribution is -2.04. The van der Waals surface area contributed by atoms with Crippen LogP contribution in [0.3, 0.4) is 0 Å². The summed E-state index contributed by atoms with van der Waals surface area (Å²) in [5.74, 6) is 0.508. The van der Waals surface area contributed by atoms with Crippen molar-refractivity contribution in [1.29, 1.82) is 0 Å². The summed E-state index contributed by atoms with van der Waals surface area (Å²) in [7, 11) is 0. The van der Waals surface area contributed by atoms with Crippen LogP contribution in [0.4, 0.5) is 15.8 Å². The standard InChI is InChI=1S/C11H15FN2O2S/c1-17-7-3-2-6-13-11-5-4-9(14(15)16)8-10(11)12/h4-5,8,13H,2-3,6-7H2,1H3. The summed E-state index contributed by atoms with van der Waals surface area (Å²) in [5, 5.41) is 13.3. The van der Waals surface area contributed by atoms with Crippen LogP contribution in [0, 0.1) is 15.9 Å². The van der Waals surface area contributed by atoms with Gasteiger partial charge in [0.15, 0.2) is 5.82 Å². The molecule has 6 heteroatoms. The monoisotopic (exact) mass is 258 g/mol. The molecule has 0 unspecified atom stereocenters. The summed E-state index contributed by atoms with van der Waals surface area (Å²) >= 11 is 1.78. The fourth-order valence-electron chi connectivity index (χ4n) is 1.36. The third-order valence-electron chi connectivity index (χ3n) is 2.25. The van der Waals surface area contributed by atoms with E-state index in [1.165, 1.54) is 12.1 Å². The number of benzene rings is 1. The normalized spacial score (nSPS) is 10.2. The first-order valence-corrected chi connectivity index (χ1v) is 6.71. The van der Waals surface area contributed by atoms with E-state index in [0.717, 1.165) is 24.7 Å². The van der Waals surface area contributed by atoms with Crippen molar-refractivity contribution >= 4 is 23.1 Å². The van der Waals surface area contributed by atoms with E-state index in [4.69, 9.17) is 0 Å². The van der Waals surface area contributed by atoms with Crippen LogP contribution in [-0.2, 0) is 0 Å². The zero-order chi connectivity index (χ0) is 12.7. The van der Waals surface area contributed by atoms with Gasteiger partial charge in [-0.25, -0.2) is 4.39 Å². The molecule has 17 heavy (non-hydrogen) atoms. The quantitative estimate of drug-likeness (QED) is 0.463. The smallest absolute Gasteiger partial charge is 0.272 e. The minimum atomic E-state index is -0.606. The lowest BCUT2D eigenvalue weighted by Gasteiger charge is -2.06. The minimum absolute atomic E-state index is 0.226. The molecule has 0 aromatic heterocycles. The zero-order valence-corrected chi connectivity index (χ0v) is 10.4. The summed E-state index contributed by atoms with van der Waals surface area (Å²) in [6.07, 6.45) is 4.07. The zero-order valence-electron chi connectivity index (χ0n) is 9.61. The Kier molecular flexibility index (Phi) is 5.76. The molecular weight excluding hydrogens is 243 g/mol. The Labute approximate surface area is 104 Å². The molecule has 94 valence electrons. The van der Waals surface area contributed by atoms with E-state index < -0.39 is 10.7 Å². The Morgan fingerprint density at radius 2 is 2.24 bits per heavy atom. The number of hydrogen-bond donors (Lipinski definition) is 1. The number of non-ortho nitro benzene ring substituents is 1. The van der Waals surface area contributed by atoms with Gasteiger partial charge < -0.3 is 5.32 Å². The van der Waals surface area contributed by atoms with Crippen molar-refractivity contribution in [3.05, 3.63) is 34.1 Å². The third kappa shape index (κ3) is 4.60. The fourth-order valence-corrected chi connectivity index (χ4v) is 1.85. The molecular formula is C11H15FN2O2S. The number of nitro benzene ring substituents is 1. The van der Waals surface area contributed by atoms with Gasteiger partial charge in [-0.2, -0.15) is 11.8 Å². The highest BCUT2D eigenvalue weighted by Gasteiger charge is 2.09. The molecule has 0 saturated carbocycles. The third-order valence-corrected chi connectivity index (χ3v) is 2.95. The van der Waals surface area contributed by atoms with Crippen LogP contribution in [0.5, 0.6) is 0 Å². The summed E-state index contributed by atoms with van der Waals surface area (Å²) < 4.78 is 13.4. The van der Waals surface area contributed by atoms with Gasteiger partial charge in [-0.05, 0) is 30.9 Å². The number of nitrogens with zero attached hydrogens (tertiary/aromatic N) is 1. The topological polar surface area (TPSA) is 55.2 Å². The molecule has 1 N–H and O–H groups in total. The molecule has 0 atom stereocenters. The van der Waals surface area contributed by atoms with Gasteiger partial charge in [-0.3, -0.25) is 10.1 Å². The maximum atomic E-state index is 13.4. The Bertz CT molecular complexity index is 388. The molecule has 0 bridgehead atoms. The number of hydrogen-bond acceptors (Lipinski definition) is 4. The number of rotatable bonds is 7. The molecule has 1 aromatic rings. The second-order valence-electron chi connectivity index (χ2n) is 3.55. The number of unbranched alkanes of at least 4 members (excludes halogenated alkanes) is 1. The number of nitro groups is 1. The van der Waals surface area contributed by atoms with Gasteiger partial charge in [0.1, 0.15) is 0 Å².